The predicted molar refractivity (Wildman–Crippen MR) is 254 cm³/mol. The van der Waals surface area contributed by atoms with Gasteiger partial charge in [-0.15, -0.1) is 0 Å². The number of fused-ring (bicyclic) bond motifs is 10. The minimum absolute atomic E-state index is 0.393. The molecule has 2 fully saturated rings. The van der Waals surface area contributed by atoms with Gasteiger partial charge in [-0.3, -0.25) is 0 Å². The molecular formula is C58H92. The van der Waals surface area contributed by atoms with E-state index in [0.29, 0.717) is 21.7 Å². The van der Waals surface area contributed by atoms with E-state index in [2.05, 4.69) is 107 Å². The standard InChI is InChI=1S/2C29H46/c2*1-7-22(20(2)3)12-11-21(4)28(5)19-17-25-24-14-13-23-10-8-9-18-29(23,6)27(24)16-15-26(25)28/h2*15-16,20-23H,7-14,17-19H2,1-6H3. The molecule has 0 amide bonds. The van der Waals surface area contributed by atoms with Gasteiger partial charge in [0, 0.05) is 0 Å². The van der Waals surface area contributed by atoms with E-state index >= 15 is 0 Å². The second-order valence-electron chi connectivity index (χ2n) is 23.6. The van der Waals surface area contributed by atoms with Crippen molar-refractivity contribution < 1.29 is 0 Å². The molecule has 0 heteroatoms. The van der Waals surface area contributed by atoms with E-state index in [9.17, 15) is 0 Å². The van der Waals surface area contributed by atoms with Crippen LogP contribution in [-0.4, -0.2) is 0 Å². The van der Waals surface area contributed by atoms with Crippen molar-refractivity contribution in [3.05, 3.63) is 68.8 Å². The van der Waals surface area contributed by atoms with Crippen molar-refractivity contribution in [3.8, 4) is 0 Å². The van der Waals surface area contributed by atoms with E-state index in [-0.39, 0.29) is 0 Å². The normalized spacial score (nSPS) is 33.1. The fraction of sp³-hybridized carbons (Fsp3) is 0.793. The predicted octanol–water partition coefficient (Wildman–Crippen LogP) is 16.8. The van der Waals surface area contributed by atoms with Crippen LogP contribution >= 0.6 is 0 Å². The van der Waals surface area contributed by atoms with Crippen molar-refractivity contribution in [2.75, 3.05) is 0 Å². The van der Waals surface area contributed by atoms with Gasteiger partial charge >= 0.3 is 0 Å². The van der Waals surface area contributed by atoms with Crippen LogP contribution in [0.15, 0.2) is 24.3 Å². The molecule has 0 aliphatic heterocycles. The quantitative estimate of drug-likeness (QED) is 0.201. The minimum atomic E-state index is 0.393. The number of rotatable bonds is 12. The van der Waals surface area contributed by atoms with Gasteiger partial charge in [-0.05, 0) is 216 Å². The summed E-state index contributed by atoms with van der Waals surface area (Å²) in [5.74, 6) is 6.90. The first kappa shape index (κ1) is 44.5. The Balaban J connectivity index is 0.000000177. The lowest BCUT2D eigenvalue weighted by molar-refractivity contribution is 0.177. The van der Waals surface area contributed by atoms with Crippen molar-refractivity contribution >= 4 is 0 Å². The molecule has 0 N–H and O–H groups in total. The maximum Gasteiger partial charge on any atom is -0.00437 e. The van der Waals surface area contributed by atoms with Gasteiger partial charge < -0.3 is 0 Å². The van der Waals surface area contributed by atoms with Gasteiger partial charge in [0.25, 0.3) is 0 Å². The molecule has 0 saturated heterocycles. The van der Waals surface area contributed by atoms with Crippen LogP contribution in [-0.2, 0) is 47.3 Å². The summed E-state index contributed by atoms with van der Waals surface area (Å²) in [6.45, 7) is 29.9. The molecule has 0 bridgehead atoms. The highest BCUT2D eigenvalue weighted by atomic mass is 14.5. The Morgan fingerprint density at radius 3 is 1.17 bits per heavy atom. The van der Waals surface area contributed by atoms with E-state index in [0.717, 1.165) is 47.3 Å². The summed E-state index contributed by atoms with van der Waals surface area (Å²) in [6.07, 6.45) is 30.9. The summed E-state index contributed by atoms with van der Waals surface area (Å²) in [7, 11) is 0. The average molecular weight is 789 g/mol. The molecule has 0 heterocycles. The lowest BCUT2D eigenvalue weighted by Gasteiger charge is -2.47. The molecule has 0 nitrogen and oxygen atoms in total. The molecule has 6 aliphatic carbocycles. The molecule has 10 atom stereocenters. The van der Waals surface area contributed by atoms with E-state index in [1.54, 1.807) is 44.5 Å². The number of benzene rings is 2. The van der Waals surface area contributed by atoms with Gasteiger partial charge in [0.2, 0.25) is 0 Å². The lowest BCUT2D eigenvalue weighted by Crippen LogP contribution is -2.40. The molecule has 0 spiro atoms. The Morgan fingerprint density at radius 1 is 0.448 bits per heavy atom. The molecule has 2 aromatic carbocycles. The molecule has 58 heavy (non-hydrogen) atoms. The lowest BCUT2D eigenvalue weighted by atomic mass is 9.57. The largest absolute Gasteiger partial charge is 0.0651 e. The van der Waals surface area contributed by atoms with Crippen LogP contribution in [0.3, 0.4) is 0 Å². The maximum atomic E-state index is 2.61. The Kier molecular flexibility index (Phi) is 13.6. The zero-order chi connectivity index (χ0) is 41.6. The average Bonchev–Trinajstić information content (AvgIpc) is 3.75. The van der Waals surface area contributed by atoms with Crippen molar-refractivity contribution in [1.29, 1.82) is 0 Å². The first-order valence-electron chi connectivity index (χ1n) is 25.9. The molecule has 8 rings (SSSR count). The van der Waals surface area contributed by atoms with E-state index in [1.807, 2.05) is 0 Å². The van der Waals surface area contributed by atoms with Crippen LogP contribution in [0, 0.1) is 47.3 Å². The molecule has 2 aromatic rings. The van der Waals surface area contributed by atoms with Gasteiger partial charge in [0.1, 0.15) is 0 Å². The van der Waals surface area contributed by atoms with E-state index in [4.69, 9.17) is 0 Å². The Bertz CT molecular complexity index is 1580. The van der Waals surface area contributed by atoms with Crippen molar-refractivity contribution in [2.24, 2.45) is 47.3 Å². The third-order valence-corrected chi connectivity index (χ3v) is 20.4. The van der Waals surface area contributed by atoms with E-state index < -0.39 is 0 Å². The van der Waals surface area contributed by atoms with Crippen LogP contribution in [0.25, 0.3) is 0 Å². The molecule has 6 aliphatic rings. The zero-order valence-corrected chi connectivity index (χ0v) is 40.5. The fourth-order valence-electron chi connectivity index (χ4n) is 15.4. The fourth-order valence-corrected chi connectivity index (χ4v) is 15.4. The molecule has 0 aromatic heterocycles. The first-order valence-corrected chi connectivity index (χ1v) is 25.9. The van der Waals surface area contributed by atoms with Crippen LogP contribution in [0.2, 0.25) is 0 Å². The summed E-state index contributed by atoms with van der Waals surface area (Å²) >= 11 is 0. The Hall–Kier alpha value is -1.56. The van der Waals surface area contributed by atoms with Crippen molar-refractivity contribution in [1.82, 2.24) is 0 Å². The highest BCUT2D eigenvalue weighted by molar-refractivity contribution is 5.53. The highest BCUT2D eigenvalue weighted by Crippen LogP contribution is 2.56. The molecule has 10 unspecified atom stereocenters. The van der Waals surface area contributed by atoms with Gasteiger partial charge in [-0.1, -0.05) is 146 Å². The SMILES string of the molecule is CCC(CCC(C)C1(C)CCc2c1ccc1c2CCC2CCCCC12C)C(C)C.CCC(CCC(C)C1(C)CCc2c1ccc1c2CCC2CCCCC12C)C(C)C. The van der Waals surface area contributed by atoms with Gasteiger partial charge in [0.15, 0.2) is 0 Å². The second-order valence-corrected chi connectivity index (χ2v) is 23.6. The third-order valence-electron chi connectivity index (χ3n) is 20.4. The minimum Gasteiger partial charge on any atom is -0.0651 e. The molecule has 2 saturated carbocycles. The van der Waals surface area contributed by atoms with Crippen LogP contribution in [0.1, 0.15) is 243 Å². The van der Waals surface area contributed by atoms with Gasteiger partial charge in [0.05, 0.1) is 0 Å². The second kappa shape index (κ2) is 17.7. The summed E-state index contributed by atoms with van der Waals surface area (Å²) in [5, 5.41) is 0. The van der Waals surface area contributed by atoms with Crippen molar-refractivity contribution in [2.45, 2.75) is 246 Å². The number of hydrogen-bond acceptors (Lipinski definition) is 0. The molecule has 0 radical (unpaired) electrons. The Labute approximate surface area is 360 Å². The number of hydrogen-bond donors (Lipinski definition) is 0. The monoisotopic (exact) mass is 789 g/mol. The smallest absolute Gasteiger partial charge is 0.00437 e. The summed E-state index contributed by atoms with van der Waals surface area (Å²) < 4.78 is 0. The first-order chi connectivity index (χ1) is 27.6. The van der Waals surface area contributed by atoms with Crippen LogP contribution < -0.4 is 0 Å². The third kappa shape index (κ3) is 7.88. The molecule has 324 valence electrons. The Morgan fingerprint density at radius 2 is 0.810 bits per heavy atom. The maximum absolute atomic E-state index is 2.61. The van der Waals surface area contributed by atoms with E-state index in [1.165, 1.54) is 141 Å². The van der Waals surface area contributed by atoms with Crippen LogP contribution in [0.4, 0.5) is 0 Å². The molecular weight excluding hydrogens is 697 g/mol. The van der Waals surface area contributed by atoms with Gasteiger partial charge in [-0.25, -0.2) is 0 Å². The van der Waals surface area contributed by atoms with Gasteiger partial charge in [-0.2, -0.15) is 0 Å². The van der Waals surface area contributed by atoms with Crippen molar-refractivity contribution in [3.63, 3.8) is 0 Å². The highest BCUT2D eigenvalue weighted by Gasteiger charge is 2.48. The van der Waals surface area contributed by atoms with Crippen LogP contribution in [0.5, 0.6) is 0 Å². The summed E-state index contributed by atoms with van der Waals surface area (Å²) in [6, 6.07) is 10.4. The summed E-state index contributed by atoms with van der Waals surface area (Å²) in [4.78, 5) is 0. The zero-order valence-electron chi connectivity index (χ0n) is 40.5. The topological polar surface area (TPSA) is 0 Å². The summed E-state index contributed by atoms with van der Waals surface area (Å²) in [5.41, 5.74) is 15.9.